The van der Waals surface area contributed by atoms with Crippen molar-refractivity contribution in [3.05, 3.63) is 47.3 Å². The summed E-state index contributed by atoms with van der Waals surface area (Å²) in [6.45, 7) is 4.57. The van der Waals surface area contributed by atoms with Gasteiger partial charge in [0.15, 0.2) is 0 Å². The lowest BCUT2D eigenvalue weighted by atomic mass is 10.0. The van der Waals surface area contributed by atoms with Gasteiger partial charge < -0.3 is 4.90 Å². The van der Waals surface area contributed by atoms with Crippen molar-refractivity contribution < 1.29 is 4.79 Å². The fourth-order valence-corrected chi connectivity index (χ4v) is 5.38. The summed E-state index contributed by atoms with van der Waals surface area (Å²) in [6.07, 6.45) is 9.41. The van der Waals surface area contributed by atoms with E-state index in [1.54, 1.807) is 0 Å². The van der Waals surface area contributed by atoms with Crippen LogP contribution in [0.2, 0.25) is 0 Å². The standard InChI is InChI=1S/C24H32N4O/c29-24(17-19-7-4-5-8-19)27-15-13-26(14-16-27)18-22-21-11-6-12-23(21)28(25-22)20-9-2-1-3-10-20/h1-3,9-10,19H,4-8,11-18H2. The lowest BCUT2D eigenvalue weighted by molar-refractivity contribution is -0.134. The van der Waals surface area contributed by atoms with E-state index >= 15 is 0 Å². The maximum Gasteiger partial charge on any atom is 0.222 e. The zero-order valence-corrected chi connectivity index (χ0v) is 17.4. The van der Waals surface area contributed by atoms with Gasteiger partial charge in [-0.2, -0.15) is 5.10 Å². The molecule has 1 aromatic heterocycles. The number of piperazine rings is 1. The van der Waals surface area contributed by atoms with Crippen molar-refractivity contribution in [2.24, 2.45) is 5.92 Å². The molecule has 0 atom stereocenters. The zero-order chi connectivity index (χ0) is 19.6. The number of para-hydroxylation sites is 1. The normalized spacial score (nSPS) is 20.3. The number of hydrogen-bond acceptors (Lipinski definition) is 3. The number of rotatable bonds is 5. The first-order valence-corrected chi connectivity index (χ1v) is 11.4. The Morgan fingerprint density at radius 1 is 0.966 bits per heavy atom. The van der Waals surface area contributed by atoms with Crippen molar-refractivity contribution in [3.8, 4) is 5.69 Å². The van der Waals surface area contributed by atoms with Gasteiger partial charge in [-0.3, -0.25) is 9.69 Å². The third kappa shape index (κ3) is 3.97. The SMILES string of the molecule is O=C(CC1CCCC1)N1CCN(Cc2nn(-c3ccccc3)c3c2CCC3)CC1. The summed E-state index contributed by atoms with van der Waals surface area (Å²) < 4.78 is 2.17. The van der Waals surface area contributed by atoms with E-state index in [1.807, 2.05) is 0 Å². The summed E-state index contributed by atoms with van der Waals surface area (Å²) in [5.41, 5.74) is 5.27. The lowest BCUT2D eigenvalue weighted by Gasteiger charge is -2.35. The van der Waals surface area contributed by atoms with Crippen LogP contribution in [0.4, 0.5) is 0 Å². The number of nitrogens with zero attached hydrogens (tertiary/aromatic N) is 4. The minimum atomic E-state index is 0.380. The number of fused-ring (bicyclic) bond motifs is 1. The van der Waals surface area contributed by atoms with Gasteiger partial charge in [-0.1, -0.05) is 31.0 Å². The molecule has 2 aliphatic carbocycles. The maximum atomic E-state index is 12.6. The lowest BCUT2D eigenvalue weighted by Crippen LogP contribution is -2.48. The van der Waals surface area contributed by atoms with Gasteiger partial charge in [-0.25, -0.2) is 4.68 Å². The zero-order valence-electron chi connectivity index (χ0n) is 17.4. The van der Waals surface area contributed by atoms with Gasteiger partial charge in [0.25, 0.3) is 0 Å². The molecule has 2 aromatic rings. The van der Waals surface area contributed by atoms with E-state index in [2.05, 4.69) is 44.8 Å². The number of carbonyl (C=O) groups is 1. The quantitative estimate of drug-likeness (QED) is 0.781. The van der Waals surface area contributed by atoms with Gasteiger partial charge in [0.05, 0.1) is 11.4 Å². The fraction of sp³-hybridized carbons (Fsp3) is 0.583. The molecule has 0 spiro atoms. The van der Waals surface area contributed by atoms with Gasteiger partial charge in [0.2, 0.25) is 5.91 Å². The van der Waals surface area contributed by atoms with E-state index in [4.69, 9.17) is 5.10 Å². The number of benzene rings is 1. The van der Waals surface area contributed by atoms with Gasteiger partial charge in [0.1, 0.15) is 0 Å². The van der Waals surface area contributed by atoms with Crippen LogP contribution in [-0.2, 0) is 24.2 Å². The van der Waals surface area contributed by atoms with Gasteiger partial charge in [-0.15, -0.1) is 0 Å². The Kier molecular flexibility index (Phi) is 5.40. The molecule has 5 nitrogen and oxygen atoms in total. The molecule has 1 saturated heterocycles. The molecule has 1 aromatic carbocycles. The first-order chi connectivity index (χ1) is 14.3. The highest BCUT2D eigenvalue weighted by atomic mass is 16.2. The van der Waals surface area contributed by atoms with Crippen molar-refractivity contribution in [2.75, 3.05) is 26.2 Å². The number of hydrogen-bond donors (Lipinski definition) is 0. The predicted molar refractivity (Wildman–Crippen MR) is 114 cm³/mol. The highest BCUT2D eigenvalue weighted by molar-refractivity contribution is 5.76. The van der Waals surface area contributed by atoms with Crippen LogP contribution in [0, 0.1) is 5.92 Å². The summed E-state index contributed by atoms with van der Waals surface area (Å²) in [5.74, 6) is 1.02. The summed E-state index contributed by atoms with van der Waals surface area (Å²) in [7, 11) is 0. The van der Waals surface area contributed by atoms with E-state index in [0.717, 1.165) is 52.0 Å². The van der Waals surface area contributed by atoms with Crippen molar-refractivity contribution >= 4 is 5.91 Å². The highest BCUT2D eigenvalue weighted by Gasteiger charge is 2.28. The van der Waals surface area contributed by atoms with Gasteiger partial charge >= 0.3 is 0 Å². The predicted octanol–water partition coefficient (Wildman–Crippen LogP) is 3.59. The van der Waals surface area contributed by atoms with Crippen LogP contribution in [0.3, 0.4) is 0 Å². The molecular formula is C24H32N4O. The summed E-state index contributed by atoms with van der Waals surface area (Å²) in [6, 6.07) is 10.5. The molecule has 154 valence electrons. The van der Waals surface area contributed by atoms with Gasteiger partial charge in [0, 0.05) is 44.8 Å². The summed E-state index contributed by atoms with van der Waals surface area (Å²) in [4.78, 5) is 17.2. The van der Waals surface area contributed by atoms with E-state index < -0.39 is 0 Å². The smallest absolute Gasteiger partial charge is 0.222 e. The minimum absolute atomic E-state index is 0.380. The average Bonchev–Trinajstić information content (AvgIpc) is 3.49. The molecule has 1 saturated carbocycles. The van der Waals surface area contributed by atoms with Crippen LogP contribution in [0.5, 0.6) is 0 Å². The number of carbonyl (C=O) groups excluding carboxylic acids is 1. The molecule has 5 rings (SSSR count). The molecule has 1 aliphatic heterocycles. The number of aromatic nitrogens is 2. The Bertz CT molecular complexity index is 845. The van der Waals surface area contributed by atoms with Crippen molar-refractivity contribution in [1.29, 1.82) is 0 Å². The summed E-state index contributed by atoms with van der Waals surface area (Å²) in [5, 5.41) is 5.01. The van der Waals surface area contributed by atoms with Crippen LogP contribution in [0.25, 0.3) is 5.69 Å². The molecule has 0 N–H and O–H groups in total. The first kappa shape index (κ1) is 18.9. The first-order valence-electron chi connectivity index (χ1n) is 11.4. The van der Waals surface area contributed by atoms with E-state index in [0.29, 0.717) is 11.8 Å². The molecule has 29 heavy (non-hydrogen) atoms. The Balaban J connectivity index is 1.21. The van der Waals surface area contributed by atoms with Crippen LogP contribution in [0.1, 0.15) is 55.5 Å². The Morgan fingerprint density at radius 2 is 1.72 bits per heavy atom. The fourth-order valence-electron chi connectivity index (χ4n) is 5.38. The molecule has 0 radical (unpaired) electrons. The molecule has 2 heterocycles. The van der Waals surface area contributed by atoms with Crippen molar-refractivity contribution in [3.63, 3.8) is 0 Å². The van der Waals surface area contributed by atoms with Crippen LogP contribution >= 0.6 is 0 Å². The molecule has 5 heteroatoms. The second-order valence-electron chi connectivity index (χ2n) is 8.98. The molecule has 2 fully saturated rings. The molecule has 1 amide bonds. The minimum Gasteiger partial charge on any atom is -0.340 e. The third-order valence-electron chi connectivity index (χ3n) is 7.05. The topological polar surface area (TPSA) is 41.4 Å². The maximum absolute atomic E-state index is 12.6. The second kappa shape index (κ2) is 8.31. The van der Waals surface area contributed by atoms with Crippen LogP contribution < -0.4 is 0 Å². The Hall–Kier alpha value is -2.14. The van der Waals surface area contributed by atoms with E-state index in [-0.39, 0.29) is 0 Å². The molecule has 0 bridgehead atoms. The Morgan fingerprint density at radius 3 is 2.48 bits per heavy atom. The van der Waals surface area contributed by atoms with Crippen molar-refractivity contribution in [1.82, 2.24) is 19.6 Å². The second-order valence-corrected chi connectivity index (χ2v) is 8.98. The van der Waals surface area contributed by atoms with Crippen molar-refractivity contribution in [2.45, 2.75) is 57.9 Å². The average molecular weight is 393 g/mol. The molecule has 0 unspecified atom stereocenters. The van der Waals surface area contributed by atoms with Gasteiger partial charge in [-0.05, 0) is 55.7 Å². The molecule has 3 aliphatic rings. The van der Waals surface area contributed by atoms with Crippen LogP contribution in [-0.4, -0.2) is 51.7 Å². The van der Waals surface area contributed by atoms with E-state index in [1.165, 1.54) is 54.7 Å². The number of amides is 1. The third-order valence-corrected chi connectivity index (χ3v) is 7.05. The monoisotopic (exact) mass is 392 g/mol. The largest absolute Gasteiger partial charge is 0.340 e. The highest BCUT2D eigenvalue weighted by Crippen LogP contribution is 2.30. The van der Waals surface area contributed by atoms with E-state index in [9.17, 15) is 4.79 Å². The summed E-state index contributed by atoms with van der Waals surface area (Å²) >= 11 is 0. The Labute approximate surface area is 173 Å². The molecular weight excluding hydrogens is 360 g/mol. The van der Waals surface area contributed by atoms with Crippen LogP contribution in [0.15, 0.2) is 30.3 Å².